The highest BCUT2D eigenvalue weighted by molar-refractivity contribution is 7.09. The Morgan fingerprint density at radius 1 is 1.62 bits per heavy atom. The summed E-state index contributed by atoms with van der Waals surface area (Å²) >= 11 is 1.80. The average molecular weight is 189 g/mol. The van der Waals surface area contributed by atoms with Crippen LogP contribution < -0.4 is 0 Å². The fraction of sp³-hybridized carbons (Fsp3) is 0.182. The molecule has 1 aliphatic rings. The molecule has 0 saturated carbocycles. The first-order valence-corrected chi connectivity index (χ1v) is 5.15. The molecule has 0 aromatic carbocycles. The van der Waals surface area contributed by atoms with E-state index >= 15 is 0 Å². The van der Waals surface area contributed by atoms with Gasteiger partial charge in [-0.15, -0.1) is 11.3 Å². The van der Waals surface area contributed by atoms with Crippen LogP contribution in [0.15, 0.2) is 46.8 Å². The van der Waals surface area contributed by atoms with Gasteiger partial charge in [-0.1, -0.05) is 12.6 Å². The number of rotatable bonds is 3. The summed E-state index contributed by atoms with van der Waals surface area (Å²) in [7, 11) is 0. The van der Waals surface area contributed by atoms with E-state index in [1.165, 1.54) is 10.5 Å². The highest BCUT2D eigenvalue weighted by Gasteiger charge is 2.06. The minimum absolute atomic E-state index is 0.846. The van der Waals surface area contributed by atoms with Gasteiger partial charge in [0.15, 0.2) is 0 Å². The van der Waals surface area contributed by atoms with Gasteiger partial charge in [0.2, 0.25) is 0 Å². The Kier molecular flexibility index (Phi) is 2.41. The van der Waals surface area contributed by atoms with E-state index in [1.54, 1.807) is 17.4 Å². The van der Waals surface area contributed by atoms with Crippen molar-refractivity contribution in [2.45, 2.75) is 6.42 Å². The molecule has 2 heteroatoms. The molecule has 1 aromatic rings. The molecular weight excluding hydrogens is 178 g/mol. The predicted molar refractivity (Wildman–Crippen MR) is 58.6 cm³/mol. The average Bonchev–Trinajstić information content (AvgIpc) is 2.76. The van der Waals surface area contributed by atoms with Crippen molar-refractivity contribution in [2.75, 3.05) is 6.54 Å². The van der Waals surface area contributed by atoms with Crippen LogP contribution in [0.2, 0.25) is 0 Å². The quantitative estimate of drug-likeness (QED) is 0.693. The minimum atomic E-state index is 0.846. The maximum absolute atomic E-state index is 4.33. The molecule has 13 heavy (non-hydrogen) atoms. The van der Waals surface area contributed by atoms with Crippen LogP contribution in [0.3, 0.4) is 0 Å². The van der Waals surface area contributed by atoms with E-state index in [0.717, 1.165) is 18.7 Å². The summed E-state index contributed by atoms with van der Waals surface area (Å²) in [4.78, 5) is 5.74. The van der Waals surface area contributed by atoms with Gasteiger partial charge >= 0.3 is 0 Å². The Hall–Kier alpha value is -1.15. The summed E-state index contributed by atoms with van der Waals surface area (Å²) in [5, 5.41) is 2.11. The van der Waals surface area contributed by atoms with Crippen LogP contribution >= 0.6 is 11.3 Å². The third-order valence-electron chi connectivity index (χ3n) is 2.01. The van der Waals surface area contributed by atoms with Crippen molar-refractivity contribution in [2.24, 2.45) is 4.99 Å². The van der Waals surface area contributed by atoms with Crippen LogP contribution in [0.5, 0.6) is 0 Å². The largest absolute Gasteiger partial charge is 0.281 e. The molecule has 0 unspecified atom stereocenters. The van der Waals surface area contributed by atoms with E-state index in [9.17, 15) is 0 Å². The Labute approximate surface area is 82.1 Å². The van der Waals surface area contributed by atoms with Crippen LogP contribution in [0.25, 0.3) is 0 Å². The first-order valence-electron chi connectivity index (χ1n) is 4.27. The molecule has 0 fully saturated rings. The standard InChI is InChI=1S/C11H11NS/c1-2-10-6-9(8-12-10)7-11-4-3-5-13-11/h2-6H,1,7-8H2. The Morgan fingerprint density at radius 3 is 3.15 bits per heavy atom. The van der Waals surface area contributed by atoms with E-state index < -0.39 is 0 Å². The Morgan fingerprint density at radius 2 is 2.54 bits per heavy atom. The van der Waals surface area contributed by atoms with E-state index in [0.29, 0.717) is 0 Å². The number of aliphatic imine (C=N–C) groups is 1. The van der Waals surface area contributed by atoms with Crippen molar-refractivity contribution in [1.82, 2.24) is 0 Å². The second-order valence-electron chi connectivity index (χ2n) is 3.00. The topological polar surface area (TPSA) is 12.4 Å². The second kappa shape index (κ2) is 3.71. The van der Waals surface area contributed by atoms with E-state index in [1.807, 2.05) is 0 Å². The van der Waals surface area contributed by atoms with Crippen molar-refractivity contribution < 1.29 is 0 Å². The van der Waals surface area contributed by atoms with Gasteiger partial charge in [-0.3, -0.25) is 4.99 Å². The van der Waals surface area contributed by atoms with Crippen molar-refractivity contribution in [3.63, 3.8) is 0 Å². The van der Waals surface area contributed by atoms with Gasteiger partial charge in [-0.25, -0.2) is 0 Å². The molecule has 0 atom stereocenters. The molecule has 0 amide bonds. The maximum atomic E-state index is 4.33. The van der Waals surface area contributed by atoms with Crippen LogP contribution in [-0.2, 0) is 6.42 Å². The monoisotopic (exact) mass is 189 g/mol. The fourth-order valence-corrected chi connectivity index (χ4v) is 2.12. The van der Waals surface area contributed by atoms with Crippen molar-refractivity contribution in [3.8, 4) is 0 Å². The summed E-state index contributed by atoms with van der Waals surface area (Å²) in [6.45, 7) is 4.55. The number of thiophene rings is 1. The SMILES string of the molecule is C=CC1=NCC(Cc2cccs2)=C1. The number of hydrogen-bond acceptors (Lipinski definition) is 2. The number of hydrogen-bond donors (Lipinski definition) is 0. The molecule has 66 valence electrons. The van der Waals surface area contributed by atoms with Crippen LogP contribution in [-0.4, -0.2) is 12.3 Å². The van der Waals surface area contributed by atoms with Crippen molar-refractivity contribution in [3.05, 3.63) is 46.7 Å². The zero-order valence-corrected chi connectivity index (χ0v) is 8.18. The summed E-state index contributed by atoms with van der Waals surface area (Å²) in [6, 6.07) is 4.25. The second-order valence-corrected chi connectivity index (χ2v) is 4.04. The lowest BCUT2D eigenvalue weighted by Crippen LogP contribution is -1.87. The predicted octanol–water partition coefficient (Wildman–Crippen LogP) is 2.86. The molecule has 0 bridgehead atoms. The van der Waals surface area contributed by atoms with Gasteiger partial charge in [0.1, 0.15) is 0 Å². The minimum Gasteiger partial charge on any atom is -0.281 e. The van der Waals surface area contributed by atoms with Gasteiger partial charge in [-0.2, -0.15) is 0 Å². The van der Waals surface area contributed by atoms with Crippen LogP contribution in [0.1, 0.15) is 4.88 Å². The molecule has 1 aliphatic heterocycles. The van der Waals surface area contributed by atoms with Crippen LogP contribution in [0, 0.1) is 0 Å². The molecular formula is C11H11NS. The third-order valence-corrected chi connectivity index (χ3v) is 2.88. The molecule has 2 rings (SSSR count). The summed E-state index contributed by atoms with van der Waals surface area (Å²) in [6.07, 6.45) is 4.98. The maximum Gasteiger partial charge on any atom is 0.0614 e. The molecule has 0 radical (unpaired) electrons. The molecule has 2 heterocycles. The van der Waals surface area contributed by atoms with Crippen molar-refractivity contribution in [1.29, 1.82) is 0 Å². The summed E-state index contributed by atoms with van der Waals surface area (Å²) in [5.41, 5.74) is 2.41. The summed E-state index contributed by atoms with van der Waals surface area (Å²) < 4.78 is 0. The van der Waals surface area contributed by atoms with Gasteiger partial charge in [0, 0.05) is 11.3 Å². The summed E-state index contributed by atoms with van der Waals surface area (Å²) in [5.74, 6) is 0. The number of allylic oxidation sites excluding steroid dienone is 2. The zero-order chi connectivity index (χ0) is 9.10. The van der Waals surface area contributed by atoms with E-state index in [-0.39, 0.29) is 0 Å². The van der Waals surface area contributed by atoms with E-state index in [4.69, 9.17) is 0 Å². The Bertz CT molecular complexity index is 357. The molecule has 1 nitrogen and oxygen atoms in total. The molecule has 1 aromatic heterocycles. The Balaban J connectivity index is 2.03. The van der Waals surface area contributed by atoms with Crippen molar-refractivity contribution >= 4 is 17.0 Å². The van der Waals surface area contributed by atoms with Gasteiger partial charge in [-0.05, 0) is 29.2 Å². The molecule has 0 spiro atoms. The highest BCUT2D eigenvalue weighted by atomic mass is 32.1. The molecule has 0 N–H and O–H groups in total. The van der Waals surface area contributed by atoms with Crippen LogP contribution in [0.4, 0.5) is 0 Å². The third kappa shape index (κ3) is 1.95. The van der Waals surface area contributed by atoms with Gasteiger partial charge in [0.05, 0.1) is 12.3 Å². The first kappa shape index (κ1) is 8.45. The van der Waals surface area contributed by atoms with Gasteiger partial charge in [0.25, 0.3) is 0 Å². The lowest BCUT2D eigenvalue weighted by molar-refractivity contribution is 1.08. The number of nitrogens with zero attached hydrogens (tertiary/aromatic N) is 1. The zero-order valence-electron chi connectivity index (χ0n) is 7.36. The fourth-order valence-electron chi connectivity index (χ4n) is 1.36. The normalized spacial score (nSPS) is 15.4. The smallest absolute Gasteiger partial charge is 0.0614 e. The first-order chi connectivity index (χ1) is 6.38. The van der Waals surface area contributed by atoms with Gasteiger partial charge < -0.3 is 0 Å². The molecule has 0 saturated heterocycles. The van der Waals surface area contributed by atoms with E-state index in [2.05, 4.69) is 35.2 Å². The highest BCUT2D eigenvalue weighted by Crippen LogP contribution is 2.17. The lowest BCUT2D eigenvalue weighted by atomic mass is 10.1. The lowest BCUT2D eigenvalue weighted by Gasteiger charge is -1.95. The molecule has 0 aliphatic carbocycles.